The van der Waals surface area contributed by atoms with Gasteiger partial charge in [-0.1, -0.05) is 11.6 Å². The molecule has 0 bridgehead atoms. The van der Waals surface area contributed by atoms with Crippen LogP contribution in [0.2, 0.25) is 0 Å². The molecule has 1 aliphatic heterocycles. The molecule has 1 N–H and O–H groups in total. The van der Waals surface area contributed by atoms with E-state index in [0.717, 1.165) is 13.0 Å². The van der Waals surface area contributed by atoms with Crippen LogP contribution in [0.3, 0.4) is 0 Å². The largest absolute Gasteiger partial charge is 0.481 e. The molecule has 0 saturated heterocycles. The maximum absolute atomic E-state index is 12.2. The molecule has 0 unspecified atom stereocenters. The van der Waals surface area contributed by atoms with E-state index in [1.165, 1.54) is 19.8 Å². The van der Waals surface area contributed by atoms with Gasteiger partial charge >= 0.3 is 6.03 Å². The number of pyridine rings is 1. The van der Waals surface area contributed by atoms with Crippen molar-refractivity contribution in [3.05, 3.63) is 23.8 Å². The zero-order valence-electron chi connectivity index (χ0n) is 12.0. The van der Waals surface area contributed by atoms with E-state index in [1.54, 1.807) is 17.0 Å². The van der Waals surface area contributed by atoms with Crippen molar-refractivity contribution in [3.63, 3.8) is 0 Å². The minimum atomic E-state index is -0.154. The number of hydrogen-bond donors (Lipinski definition) is 1. The maximum Gasteiger partial charge on any atom is 0.322 e. The average Bonchev–Trinajstić information content (AvgIpc) is 2.48. The van der Waals surface area contributed by atoms with E-state index >= 15 is 0 Å². The molecule has 2 rings (SSSR count). The molecule has 6 heteroatoms. The number of rotatable bonds is 3. The average molecular weight is 277 g/mol. The summed E-state index contributed by atoms with van der Waals surface area (Å²) in [5.41, 5.74) is 1.85. The molecule has 20 heavy (non-hydrogen) atoms. The lowest BCUT2D eigenvalue weighted by molar-refractivity contribution is 0.215. The first-order chi connectivity index (χ1) is 9.63. The van der Waals surface area contributed by atoms with Gasteiger partial charge in [0.05, 0.1) is 14.2 Å². The summed E-state index contributed by atoms with van der Waals surface area (Å²) < 4.78 is 10.2. The summed E-state index contributed by atoms with van der Waals surface area (Å²) in [6.45, 7) is 3.43. The van der Waals surface area contributed by atoms with Gasteiger partial charge in [-0.2, -0.15) is 4.98 Å². The minimum absolute atomic E-state index is 0.154. The zero-order chi connectivity index (χ0) is 14.5. The molecule has 2 amide bonds. The van der Waals surface area contributed by atoms with E-state index in [-0.39, 0.29) is 6.03 Å². The first kappa shape index (κ1) is 14.2. The first-order valence-electron chi connectivity index (χ1n) is 6.44. The number of amides is 2. The van der Waals surface area contributed by atoms with Crippen molar-refractivity contribution >= 4 is 11.7 Å². The van der Waals surface area contributed by atoms with Crippen molar-refractivity contribution in [2.24, 2.45) is 0 Å². The summed E-state index contributed by atoms with van der Waals surface area (Å²) in [6.07, 6.45) is 2.97. The van der Waals surface area contributed by atoms with Gasteiger partial charge in [-0.25, -0.2) is 4.79 Å². The highest BCUT2D eigenvalue weighted by Gasteiger charge is 2.17. The number of carbonyl (C=O) groups excluding carboxylic acids is 1. The van der Waals surface area contributed by atoms with Gasteiger partial charge in [-0.05, 0) is 19.4 Å². The van der Waals surface area contributed by atoms with Crippen LogP contribution in [0.25, 0.3) is 0 Å². The van der Waals surface area contributed by atoms with E-state index in [2.05, 4.69) is 23.3 Å². The summed E-state index contributed by atoms with van der Waals surface area (Å²) in [4.78, 5) is 18.0. The molecule has 2 heterocycles. The Balaban J connectivity index is 2.08. The fourth-order valence-electron chi connectivity index (χ4n) is 1.94. The number of carbonyl (C=O) groups is 1. The summed E-state index contributed by atoms with van der Waals surface area (Å²) >= 11 is 0. The second kappa shape index (κ2) is 6.27. The third-order valence-corrected chi connectivity index (χ3v) is 3.20. The molecule has 0 atom stereocenters. The number of aromatic nitrogens is 1. The van der Waals surface area contributed by atoms with Crippen molar-refractivity contribution in [1.29, 1.82) is 0 Å². The molecule has 1 aromatic heterocycles. The number of ether oxygens (including phenoxy) is 2. The molecule has 108 valence electrons. The fraction of sp³-hybridized carbons (Fsp3) is 0.429. The fourth-order valence-corrected chi connectivity index (χ4v) is 1.94. The third kappa shape index (κ3) is 3.20. The Morgan fingerprint density at radius 1 is 1.35 bits per heavy atom. The normalized spacial score (nSPS) is 14.6. The Morgan fingerprint density at radius 3 is 2.75 bits per heavy atom. The van der Waals surface area contributed by atoms with Gasteiger partial charge in [0, 0.05) is 19.2 Å². The van der Waals surface area contributed by atoms with Crippen LogP contribution in [-0.4, -0.2) is 43.2 Å². The van der Waals surface area contributed by atoms with E-state index in [9.17, 15) is 4.79 Å². The molecule has 1 aromatic rings. The predicted molar refractivity (Wildman–Crippen MR) is 76.3 cm³/mol. The number of urea groups is 1. The van der Waals surface area contributed by atoms with Crippen LogP contribution in [0, 0.1) is 0 Å². The highest BCUT2D eigenvalue weighted by Crippen LogP contribution is 2.25. The Bertz CT molecular complexity index is 528. The molecule has 6 nitrogen and oxygen atoms in total. The van der Waals surface area contributed by atoms with Crippen LogP contribution >= 0.6 is 0 Å². The molecule has 0 spiro atoms. The Kier molecular flexibility index (Phi) is 4.45. The van der Waals surface area contributed by atoms with Gasteiger partial charge in [-0.3, -0.25) is 0 Å². The standard InChI is InChI=1S/C14H19N3O3/c1-10-6-8-17(9-7-10)14(18)15-11-4-5-12(19-2)16-13(11)20-3/h4-6H,7-9H2,1-3H3,(H,15,18). The van der Waals surface area contributed by atoms with Crippen LogP contribution in [0.5, 0.6) is 11.8 Å². The first-order valence-corrected chi connectivity index (χ1v) is 6.44. The molecule has 0 aliphatic carbocycles. The SMILES string of the molecule is COc1ccc(NC(=O)N2CC=C(C)CC2)c(OC)n1. The molecule has 0 fully saturated rings. The lowest BCUT2D eigenvalue weighted by atomic mass is 10.1. The summed E-state index contributed by atoms with van der Waals surface area (Å²) in [5.74, 6) is 0.776. The number of methoxy groups -OCH3 is 2. The van der Waals surface area contributed by atoms with Gasteiger partial charge in [0.15, 0.2) is 0 Å². The van der Waals surface area contributed by atoms with E-state index in [4.69, 9.17) is 9.47 Å². The lowest BCUT2D eigenvalue weighted by Gasteiger charge is -2.25. The van der Waals surface area contributed by atoms with Crippen LogP contribution < -0.4 is 14.8 Å². The van der Waals surface area contributed by atoms with Crippen LogP contribution in [-0.2, 0) is 0 Å². The number of nitrogens with one attached hydrogen (secondary N) is 1. The van der Waals surface area contributed by atoms with Crippen LogP contribution in [0.15, 0.2) is 23.8 Å². The van der Waals surface area contributed by atoms with Crippen molar-refractivity contribution in [2.45, 2.75) is 13.3 Å². The van der Waals surface area contributed by atoms with Gasteiger partial charge < -0.3 is 19.7 Å². The monoisotopic (exact) mass is 277 g/mol. The summed E-state index contributed by atoms with van der Waals surface area (Å²) in [7, 11) is 3.03. The predicted octanol–water partition coefficient (Wildman–Crippen LogP) is 2.28. The van der Waals surface area contributed by atoms with Gasteiger partial charge in [0.1, 0.15) is 5.69 Å². The smallest absolute Gasteiger partial charge is 0.322 e. The number of hydrogen-bond acceptors (Lipinski definition) is 4. The molecular formula is C14H19N3O3. The van der Waals surface area contributed by atoms with Crippen molar-refractivity contribution in [3.8, 4) is 11.8 Å². The number of nitrogens with zero attached hydrogens (tertiary/aromatic N) is 2. The van der Waals surface area contributed by atoms with Crippen molar-refractivity contribution in [2.75, 3.05) is 32.6 Å². The van der Waals surface area contributed by atoms with E-state index in [1.807, 2.05) is 0 Å². The van der Waals surface area contributed by atoms with Crippen LogP contribution in [0.1, 0.15) is 13.3 Å². The topological polar surface area (TPSA) is 63.7 Å². The van der Waals surface area contributed by atoms with Gasteiger partial charge in [-0.15, -0.1) is 0 Å². The maximum atomic E-state index is 12.2. The quantitative estimate of drug-likeness (QED) is 0.861. The van der Waals surface area contributed by atoms with Crippen molar-refractivity contribution in [1.82, 2.24) is 9.88 Å². The Hall–Kier alpha value is -2.24. The van der Waals surface area contributed by atoms with Crippen LogP contribution in [0.4, 0.5) is 10.5 Å². The summed E-state index contributed by atoms with van der Waals surface area (Å²) in [6, 6.07) is 3.24. The second-order valence-corrected chi connectivity index (χ2v) is 4.59. The molecule has 1 aliphatic rings. The highest BCUT2D eigenvalue weighted by atomic mass is 16.5. The second-order valence-electron chi connectivity index (χ2n) is 4.59. The molecule has 0 radical (unpaired) electrons. The van der Waals surface area contributed by atoms with Gasteiger partial charge in [0.2, 0.25) is 11.8 Å². The van der Waals surface area contributed by atoms with E-state index in [0.29, 0.717) is 24.0 Å². The van der Waals surface area contributed by atoms with Gasteiger partial charge in [0.25, 0.3) is 0 Å². The highest BCUT2D eigenvalue weighted by molar-refractivity contribution is 5.90. The Morgan fingerprint density at radius 2 is 2.15 bits per heavy atom. The van der Waals surface area contributed by atoms with Crippen molar-refractivity contribution < 1.29 is 14.3 Å². The lowest BCUT2D eigenvalue weighted by Crippen LogP contribution is -2.37. The zero-order valence-corrected chi connectivity index (χ0v) is 12.0. The third-order valence-electron chi connectivity index (χ3n) is 3.20. The molecular weight excluding hydrogens is 258 g/mol. The Labute approximate surface area is 118 Å². The van der Waals surface area contributed by atoms with E-state index < -0.39 is 0 Å². The summed E-state index contributed by atoms with van der Waals surface area (Å²) in [5, 5.41) is 2.81. The number of anilines is 1. The molecule has 0 aromatic carbocycles. The molecule has 0 saturated carbocycles. The minimum Gasteiger partial charge on any atom is -0.481 e.